The van der Waals surface area contributed by atoms with Crippen molar-refractivity contribution in [1.29, 1.82) is 0 Å². The Labute approximate surface area is 155 Å². The normalized spacial score (nSPS) is 15.8. The minimum Gasteiger partial charge on any atom is -0.322 e. The second-order valence-electron chi connectivity index (χ2n) is 4.81. The van der Waals surface area contributed by atoms with Gasteiger partial charge in [-0.15, -0.1) is 11.3 Å². The largest absolute Gasteiger partial charge is 0.322 e. The van der Waals surface area contributed by atoms with Gasteiger partial charge in [-0.05, 0) is 36.0 Å². The number of sulfonamides is 1. The number of imide groups is 1. The summed E-state index contributed by atoms with van der Waals surface area (Å²) in [6, 6.07) is 5.44. The van der Waals surface area contributed by atoms with Gasteiger partial charge in [-0.2, -0.15) is 0 Å². The number of rotatable bonds is 5. The predicted octanol–water partition coefficient (Wildman–Crippen LogP) is 1.75. The fraction of sp³-hybridized carbons (Fsp3) is 0. The van der Waals surface area contributed by atoms with Gasteiger partial charge < -0.3 is 5.32 Å². The molecule has 0 saturated carbocycles. The number of aromatic nitrogens is 1. The van der Waals surface area contributed by atoms with Crippen molar-refractivity contribution in [2.45, 2.75) is 4.90 Å². The molecule has 0 atom stereocenters. The third-order valence-electron chi connectivity index (χ3n) is 2.99. The molecule has 0 unspecified atom stereocenters. The molecule has 9 nitrogen and oxygen atoms in total. The Hall–Kier alpha value is -2.70. The molecule has 12 heteroatoms. The van der Waals surface area contributed by atoms with Gasteiger partial charge in [-0.25, -0.2) is 13.4 Å². The van der Waals surface area contributed by atoms with Crippen molar-refractivity contribution in [2.24, 2.45) is 0 Å². The topological polar surface area (TPSA) is 134 Å². The highest BCUT2D eigenvalue weighted by Crippen LogP contribution is 2.23. The number of carbonyl (C=O) groups is 3. The van der Waals surface area contributed by atoms with Crippen LogP contribution in [0.15, 0.2) is 51.7 Å². The molecule has 1 aromatic heterocycles. The number of amides is 3. The molecule has 2 heterocycles. The van der Waals surface area contributed by atoms with E-state index in [-0.39, 0.29) is 14.9 Å². The summed E-state index contributed by atoms with van der Waals surface area (Å²) in [5.74, 6) is -1.25. The number of thiazole rings is 1. The van der Waals surface area contributed by atoms with Gasteiger partial charge in [0.15, 0.2) is 5.13 Å². The smallest absolute Gasteiger partial charge is 0.290 e. The quantitative estimate of drug-likeness (QED) is 0.639. The van der Waals surface area contributed by atoms with Crippen LogP contribution in [0.1, 0.15) is 0 Å². The Morgan fingerprint density at radius 1 is 1.19 bits per heavy atom. The number of hydrogen-bond donors (Lipinski definition) is 3. The SMILES string of the molecule is O=C(/C=C1\SC(=O)NC1=O)Nc1ccc(S(=O)(=O)Nc2nccs2)cc1. The Balaban J connectivity index is 1.68. The minimum atomic E-state index is -3.78. The molecule has 26 heavy (non-hydrogen) atoms. The first-order chi connectivity index (χ1) is 12.3. The van der Waals surface area contributed by atoms with E-state index >= 15 is 0 Å². The Kier molecular flexibility index (Phi) is 5.06. The van der Waals surface area contributed by atoms with Crippen LogP contribution in [0.5, 0.6) is 0 Å². The Morgan fingerprint density at radius 2 is 1.92 bits per heavy atom. The molecule has 1 fully saturated rings. The van der Waals surface area contributed by atoms with Crippen LogP contribution < -0.4 is 15.4 Å². The molecule has 3 amide bonds. The van der Waals surface area contributed by atoms with Gasteiger partial charge in [0, 0.05) is 23.3 Å². The van der Waals surface area contributed by atoms with Crippen molar-refractivity contribution in [3.8, 4) is 0 Å². The third kappa shape index (κ3) is 4.28. The van der Waals surface area contributed by atoms with Crippen LogP contribution in [0.4, 0.5) is 15.6 Å². The van der Waals surface area contributed by atoms with Gasteiger partial charge in [0.2, 0.25) is 5.91 Å². The van der Waals surface area contributed by atoms with Crippen molar-refractivity contribution in [3.05, 3.63) is 46.8 Å². The lowest BCUT2D eigenvalue weighted by atomic mass is 10.3. The summed E-state index contributed by atoms with van der Waals surface area (Å²) in [6.45, 7) is 0. The molecule has 0 bridgehead atoms. The lowest BCUT2D eigenvalue weighted by molar-refractivity contribution is -0.116. The number of carbonyl (C=O) groups excluding carboxylic acids is 3. The van der Waals surface area contributed by atoms with Crippen LogP contribution in [-0.2, 0) is 19.6 Å². The first-order valence-electron chi connectivity index (χ1n) is 6.92. The number of thioether (sulfide) groups is 1. The molecule has 0 spiro atoms. The first kappa shape index (κ1) is 18.1. The molecular weight excluding hydrogens is 400 g/mol. The van der Waals surface area contributed by atoms with E-state index in [9.17, 15) is 22.8 Å². The second kappa shape index (κ2) is 7.27. The van der Waals surface area contributed by atoms with Gasteiger partial charge >= 0.3 is 0 Å². The van der Waals surface area contributed by atoms with E-state index in [0.717, 1.165) is 17.4 Å². The molecule has 0 radical (unpaired) electrons. The average Bonchev–Trinajstić information content (AvgIpc) is 3.17. The highest BCUT2D eigenvalue weighted by molar-refractivity contribution is 8.18. The molecule has 1 saturated heterocycles. The van der Waals surface area contributed by atoms with E-state index in [1.807, 2.05) is 5.32 Å². The molecule has 3 rings (SSSR count). The summed E-state index contributed by atoms with van der Waals surface area (Å²) in [5, 5.41) is 5.86. The van der Waals surface area contributed by atoms with Crippen LogP contribution in [0.2, 0.25) is 0 Å². The van der Waals surface area contributed by atoms with Crippen LogP contribution >= 0.6 is 23.1 Å². The van der Waals surface area contributed by atoms with E-state index in [1.165, 1.54) is 30.5 Å². The lowest BCUT2D eigenvalue weighted by Crippen LogP contribution is -2.18. The fourth-order valence-electron chi connectivity index (χ4n) is 1.88. The van der Waals surface area contributed by atoms with Crippen molar-refractivity contribution >= 4 is 61.0 Å². The summed E-state index contributed by atoms with van der Waals surface area (Å²) in [4.78, 5) is 38.1. The monoisotopic (exact) mass is 410 g/mol. The molecule has 0 aliphatic carbocycles. The third-order valence-corrected chi connectivity index (χ3v) is 5.97. The molecule has 1 aromatic carbocycles. The van der Waals surface area contributed by atoms with Gasteiger partial charge in [-0.3, -0.25) is 24.4 Å². The van der Waals surface area contributed by atoms with E-state index in [1.54, 1.807) is 5.38 Å². The maximum absolute atomic E-state index is 12.2. The maximum Gasteiger partial charge on any atom is 0.290 e. The highest BCUT2D eigenvalue weighted by atomic mass is 32.2. The number of benzene rings is 1. The van der Waals surface area contributed by atoms with E-state index in [4.69, 9.17) is 0 Å². The van der Waals surface area contributed by atoms with Crippen molar-refractivity contribution in [3.63, 3.8) is 0 Å². The fourth-order valence-corrected chi connectivity index (χ4v) is 4.33. The standard InChI is InChI=1S/C14H10N4O5S3/c19-11(7-10-12(20)17-14(21)25-10)16-8-1-3-9(4-2-8)26(22,23)18-13-15-5-6-24-13/h1-7H,(H,15,18)(H,16,19)(H,17,20,21)/b10-7-. The molecule has 3 N–H and O–H groups in total. The Bertz CT molecular complexity index is 998. The van der Waals surface area contributed by atoms with E-state index in [0.29, 0.717) is 17.4 Å². The number of nitrogens with zero attached hydrogens (tertiary/aromatic N) is 1. The van der Waals surface area contributed by atoms with Crippen molar-refractivity contribution in [1.82, 2.24) is 10.3 Å². The Morgan fingerprint density at radius 3 is 2.50 bits per heavy atom. The summed E-state index contributed by atoms with van der Waals surface area (Å²) in [5.41, 5.74) is 0.329. The average molecular weight is 410 g/mol. The van der Waals surface area contributed by atoms with Crippen molar-refractivity contribution < 1.29 is 22.8 Å². The van der Waals surface area contributed by atoms with Crippen LogP contribution in [0.3, 0.4) is 0 Å². The zero-order valence-electron chi connectivity index (χ0n) is 12.8. The second-order valence-corrected chi connectivity index (χ2v) is 8.40. The zero-order chi connectivity index (χ0) is 18.7. The van der Waals surface area contributed by atoms with E-state index < -0.39 is 27.1 Å². The van der Waals surface area contributed by atoms with Gasteiger partial charge in [0.1, 0.15) is 0 Å². The molecule has 1 aliphatic rings. The number of hydrogen-bond acceptors (Lipinski definition) is 8. The number of nitrogens with one attached hydrogen (secondary N) is 3. The highest BCUT2D eigenvalue weighted by Gasteiger charge is 2.26. The molecular formula is C14H10N4O5S3. The summed E-state index contributed by atoms with van der Waals surface area (Å²) in [7, 11) is -3.78. The molecule has 2 aromatic rings. The summed E-state index contributed by atoms with van der Waals surface area (Å²) >= 11 is 1.78. The molecule has 134 valence electrons. The van der Waals surface area contributed by atoms with Gasteiger partial charge in [0.25, 0.3) is 21.2 Å². The van der Waals surface area contributed by atoms with Crippen LogP contribution in [0, 0.1) is 0 Å². The molecule has 1 aliphatic heterocycles. The lowest BCUT2D eigenvalue weighted by Gasteiger charge is -2.07. The van der Waals surface area contributed by atoms with Crippen LogP contribution in [0.25, 0.3) is 0 Å². The summed E-state index contributed by atoms with van der Waals surface area (Å²) in [6.07, 6.45) is 2.48. The number of anilines is 2. The first-order valence-corrected chi connectivity index (χ1v) is 10.1. The van der Waals surface area contributed by atoms with Gasteiger partial charge in [0.05, 0.1) is 9.80 Å². The maximum atomic E-state index is 12.2. The zero-order valence-corrected chi connectivity index (χ0v) is 15.2. The van der Waals surface area contributed by atoms with Gasteiger partial charge in [-0.1, -0.05) is 0 Å². The van der Waals surface area contributed by atoms with Crippen LogP contribution in [-0.4, -0.2) is 30.5 Å². The summed E-state index contributed by atoms with van der Waals surface area (Å²) < 4.78 is 26.8. The van der Waals surface area contributed by atoms with Crippen molar-refractivity contribution in [2.75, 3.05) is 10.0 Å². The predicted molar refractivity (Wildman–Crippen MR) is 97.2 cm³/mol. The van der Waals surface area contributed by atoms with E-state index in [2.05, 4.69) is 15.0 Å². The minimum absolute atomic E-state index is 0.000349.